The fourth-order valence-corrected chi connectivity index (χ4v) is 2.17. The van der Waals surface area contributed by atoms with Gasteiger partial charge in [-0.15, -0.1) is 0 Å². The van der Waals surface area contributed by atoms with Gasteiger partial charge in [0.15, 0.2) is 5.78 Å². The molecule has 2 rings (SSSR count). The summed E-state index contributed by atoms with van der Waals surface area (Å²) in [6.07, 6.45) is 4.57. The van der Waals surface area contributed by atoms with Gasteiger partial charge in [-0.3, -0.25) is 4.79 Å². The first-order valence-corrected chi connectivity index (χ1v) is 6.11. The second-order valence-electron chi connectivity index (χ2n) is 4.59. The van der Waals surface area contributed by atoms with Crippen molar-refractivity contribution in [2.24, 2.45) is 0 Å². The SMILES string of the molecule is Cc1ccc(C(=O)C2CCCCCN2)cc1. The highest BCUT2D eigenvalue weighted by Crippen LogP contribution is 2.13. The number of rotatable bonds is 2. The second-order valence-corrected chi connectivity index (χ2v) is 4.59. The van der Waals surface area contributed by atoms with Gasteiger partial charge in [-0.05, 0) is 26.3 Å². The van der Waals surface area contributed by atoms with E-state index in [2.05, 4.69) is 5.32 Å². The van der Waals surface area contributed by atoms with E-state index in [1.807, 2.05) is 31.2 Å². The molecule has 1 N–H and O–H groups in total. The van der Waals surface area contributed by atoms with Gasteiger partial charge < -0.3 is 5.32 Å². The fraction of sp³-hybridized carbons (Fsp3) is 0.500. The number of nitrogens with one attached hydrogen (secondary N) is 1. The summed E-state index contributed by atoms with van der Waals surface area (Å²) in [6.45, 7) is 3.01. The van der Waals surface area contributed by atoms with Gasteiger partial charge in [-0.25, -0.2) is 0 Å². The number of carbonyl (C=O) groups is 1. The van der Waals surface area contributed by atoms with Crippen LogP contribution in [-0.2, 0) is 0 Å². The molecule has 1 atom stereocenters. The maximum atomic E-state index is 12.2. The van der Waals surface area contributed by atoms with Crippen molar-refractivity contribution >= 4 is 5.78 Å². The van der Waals surface area contributed by atoms with Crippen LogP contribution in [-0.4, -0.2) is 18.4 Å². The highest BCUT2D eigenvalue weighted by atomic mass is 16.1. The Labute approximate surface area is 97.1 Å². The van der Waals surface area contributed by atoms with Crippen molar-refractivity contribution in [2.75, 3.05) is 6.54 Å². The van der Waals surface area contributed by atoms with Crippen LogP contribution in [0.25, 0.3) is 0 Å². The van der Waals surface area contributed by atoms with E-state index in [1.165, 1.54) is 18.4 Å². The van der Waals surface area contributed by atoms with E-state index in [9.17, 15) is 4.79 Å². The Hall–Kier alpha value is -1.15. The van der Waals surface area contributed by atoms with Crippen LogP contribution in [0.4, 0.5) is 0 Å². The van der Waals surface area contributed by atoms with Gasteiger partial charge in [-0.1, -0.05) is 42.7 Å². The highest BCUT2D eigenvalue weighted by Gasteiger charge is 2.20. The normalized spacial score (nSPS) is 21.4. The lowest BCUT2D eigenvalue weighted by atomic mass is 9.99. The van der Waals surface area contributed by atoms with E-state index >= 15 is 0 Å². The second kappa shape index (κ2) is 5.26. The molecule has 0 aromatic heterocycles. The van der Waals surface area contributed by atoms with Crippen LogP contribution in [0.2, 0.25) is 0 Å². The molecule has 0 bridgehead atoms. The van der Waals surface area contributed by atoms with Gasteiger partial charge in [-0.2, -0.15) is 0 Å². The minimum atomic E-state index is 0.0326. The molecular weight excluding hydrogens is 198 g/mol. The first-order chi connectivity index (χ1) is 7.77. The largest absolute Gasteiger partial charge is 0.307 e. The van der Waals surface area contributed by atoms with Gasteiger partial charge in [0.25, 0.3) is 0 Å². The zero-order valence-corrected chi connectivity index (χ0v) is 9.83. The molecule has 0 aliphatic carbocycles. The third-order valence-electron chi connectivity index (χ3n) is 3.21. The maximum absolute atomic E-state index is 12.2. The van der Waals surface area contributed by atoms with Crippen molar-refractivity contribution in [2.45, 2.75) is 38.6 Å². The van der Waals surface area contributed by atoms with E-state index in [4.69, 9.17) is 0 Å². The molecule has 1 heterocycles. The number of ketones is 1. The van der Waals surface area contributed by atoms with Crippen LogP contribution in [0, 0.1) is 6.92 Å². The summed E-state index contributed by atoms with van der Waals surface area (Å²) in [5.74, 6) is 0.252. The molecule has 0 spiro atoms. The van der Waals surface area contributed by atoms with E-state index in [0.717, 1.165) is 24.9 Å². The summed E-state index contributed by atoms with van der Waals surface area (Å²) < 4.78 is 0. The van der Waals surface area contributed by atoms with Gasteiger partial charge in [0, 0.05) is 5.56 Å². The molecule has 1 aliphatic rings. The lowest BCUT2D eigenvalue weighted by Gasteiger charge is -2.14. The number of hydrogen-bond donors (Lipinski definition) is 1. The summed E-state index contributed by atoms with van der Waals surface area (Å²) in [6, 6.07) is 7.91. The Morgan fingerprint density at radius 2 is 1.94 bits per heavy atom. The Morgan fingerprint density at radius 1 is 1.19 bits per heavy atom. The third kappa shape index (κ3) is 2.70. The van der Waals surface area contributed by atoms with Crippen molar-refractivity contribution in [3.8, 4) is 0 Å². The number of hydrogen-bond acceptors (Lipinski definition) is 2. The summed E-state index contributed by atoms with van der Waals surface area (Å²) in [5.41, 5.74) is 2.04. The van der Waals surface area contributed by atoms with Crippen molar-refractivity contribution in [3.63, 3.8) is 0 Å². The van der Waals surface area contributed by atoms with Crippen molar-refractivity contribution in [1.82, 2.24) is 5.32 Å². The highest BCUT2D eigenvalue weighted by molar-refractivity contribution is 6.00. The van der Waals surface area contributed by atoms with Crippen LogP contribution in [0.15, 0.2) is 24.3 Å². The smallest absolute Gasteiger partial charge is 0.179 e. The Balaban J connectivity index is 2.08. The van der Waals surface area contributed by atoms with Crippen LogP contribution >= 0.6 is 0 Å². The third-order valence-corrected chi connectivity index (χ3v) is 3.21. The molecule has 1 fully saturated rings. The molecule has 16 heavy (non-hydrogen) atoms. The van der Waals surface area contributed by atoms with Crippen molar-refractivity contribution < 1.29 is 4.79 Å². The van der Waals surface area contributed by atoms with Crippen molar-refractivity contribution in [1.29, 1.82) is 0 Å². The molecule has 0 amide bonds. The number of benzene rings is 1. The standard InChI is InChI=1S/C14H19NO/c1-11-6-8-12(9-7-11)14(16)13-5-3-2-4-10-15-13/h6-9,13,15H,2-5,10H2,1H3. The topological polar surface area (TPSA) is 29.1 Å². The fourth-order valence-electron chi connectivity index (χ4n) is 2.17. The molecule has 0 radical (unpaired) electrons. The average Bonchev–Trinajstić information content (AvgIpc) is 2.57. The van der Waals surface area contributed by atoms with Crippen LogP contribution in [0.5, 0.6) is 0 Å². The molecule has 86 valence electrons. The first-order valence-electron chi connectivity index (χ1n) is 6.11. The lowest BCUT2D eigenvalue weighted by molar-refractivity contribution is 0.0940. The molecule has 1 aliphatic heterocycles. The molecule has 0 saturated carbocycles. The molecule has 2 heteroatoms. The number of Topliss-reactive ketones (excluding diaryl/α,β-unsaturated/α-hetero) is 1. The van der Waals surface area contributed by atoms with Gasteiger partial charge in [0.05, 0.1) is 6.04 Å². The summed E-state index contributed by atoms with van der Waals surface area (Å²) in [4.78, 5) is 12.2. The van der Waals surface area contributed by atoms with Crippen molar-refractivity contribution in [3.05, 3.63) is 35.4 Å². The zero-order chi connectivity index (χ0) is 11.4. The minimum Gasteiger partial charge on any atom is -0.307 e. The van der Waals surface area contributed by atoms with Crippen LogP contribution < -0.4 is 5.32 Å². The monoisotopic (exact) mass is 217 g/mol. The molecular formula is C14H19NO. The minimum absolute atomic E-state index is 0.0326. The predicted molar refractivity (Wildman–Crippen MR) is 65.8 cm³/mol. The molecule has 2 nitrogen and oxygen atoms in total. The van der Waals surface area contributed by atoms with E-state index < -0.39 is 0 Å². The zero-order valence-electron chi connectivity index (χ0n) is 9.83. The van der Waals surface area contributed by atoms with Crippen LogP contribution in [0.3, 0.4) is 0 Å². The molecule has 1 aromatic carbocycles. The van der Waals surface area contributed by atoms with E-state index in [-0.39, 0.29) is 11.8 Å². The molecule has 1 aromatic rings. The Morgan fingerprint density at radius 3 is 2.69 bits per heavy atom. The Bertz CT molecular complexity index is 348. The average molecular weight is 217 g/mol. The van der Waals surface area contributed by atoms with Gasteiger partial charge in [0.2, 0.25) is 0 Å². The summed E-state index contributed by atoms with van der Waals surface area (Å²) >= 11 is 0. The Kier molecular flexibility index (Phi) is 3.73. The quantitative estimate of drug-likeness (QED) is 0.772. The van der Waals surface area contributed by atoms with Crippen LogP contribution in [0.1, 0.15) is 41.6 Å². The van der Waals surface area contributed by atoms with E-state index in [0.29, 0.717) is 0 Å². The predicted octanol–water partition coefficient (Wildman–Crippen LogP) is 2.71. The van der Waals surface area contributed by atoms with Gasteiger partial charge in [0.1, 0.15) is 0 Å². The molecule has 1 saturated heterocycles. The summed E-state index contributed by atoms with van der Waals surface area (Å²) in [5, 5.41) is 3.34. The summed E-state index contributed by atoms with van der Waals surface area (Å²) in [7, 11) is 0. The number of carbonyl (C=O) groups excluding carboxylic acids is 1. The number of aryl methyl sites for hydroxylation is 1. The van der Waals surface area contributed by atoms with Gasteiger partial charge >= 0.3 is 0 Å². The maximum Gasteiger partial charge on any atom is 0.179 e. The first kappa shape index (κ1) is 11.3. The molecule has 1 unspecified atom stereocenters. The lowest BCUT2D eigenvalue weighted by Crippen LogP contribution is -2.36. The van der Waals surface area contributed by atoms with E-state index in [1.54, 1.807) is 0 Å².